The largest absolute Gasteiger partial charge is 0.259 e. The molecule has 2 bridgehead atoms. The molecule has 0 N–H and O–H groups in total. The number of rotatable bonds is 1. The molecule has 1 fully saturated rings. The lowest BCUT2D eigenvalue weighted by atomic mass is 9.87. The van der Waals surface area contributed by atoms with Gasteiger partial charge in [0.2, 0.25) is 0 Å². The summed E-state index contributed by atoms with van der Waals surface area (Å²) in [4.78, 5) is 0. The summed E-state index contributed by atoms with van der Waals surface area (Å²) in [5, 5.41) is 5.85. The van der Waals surface area contributed by atoms with Crippen molar-refractivity contribution < 1.29 is 4.21 Å². The van der Waals surface area contributed by atoms with E-state index in [1.54, 1.807) is 0 Å². The molecule has 0 radical (unpaired) electrons. The van der Waals surface area contributed by atoms with Crippen molar-refractivity contribution in [1.29, 1.82) is 0 Å². The van der Waals surface area contributed by atoms with Gasteiger partial charge in [-0.3, -0.25) is 4.21 Å². The van der Waals surface area contributed by atoms with Crippen LogP contribution in [-0.4, -0.2) is 14.7 Å². The van der Waals surface area contributed by atoms with Crippen LogP contribution in [0.2, 0.25) is 0 Å². The van der Waals surface area contributed by atoms with E-state index in [1.807, 2.05) is 0 Å². The number of fused-ring (bicyclic) bond motifs is 4. The van der Waals surface area contributed by atoms with Crippen LogP contribution in [0.4, 0.5) is 0 Å². The molecule has 0 aliphatic carbocycles. The fourth-order valence-corrected chi connectivity index (χ4v) is 6.38. The maximum atomic E-state index is 12.6. The minimum atomic E-state index is -0.674. The second-order valence-corrected chi connectivity index (χ2v) is 8.94. The van der Waals surface area contributed by atoms with E-state index in [-0.39, 0.29) is 5.25 Å². The van der Waals surface area contributed by atoms with Gasteiger partial charge in [-0.25, -0.2) is 0 Å². The van der Waals surface area contributed by atoms with Crippen LogP contribution in [0.1, 0.15) is 31.2 Å². The van der Waals surface area contributed by atoms with Crippen LogP contribution in [0.3, 0.4) is 0 Å². The third-order valence-electron chi connectivity index (χ3n) is 5.57. The fourth-order valence-electron chi connectivity index (χ4n) is 4.44. The lowest BCUT2D eigenvalue weighted by Crippen LogP contribution is -2.33. The smallest absolute Gasteiger partial charge is 0.0536 e. The highest BCUT2D eigenvalue weighted by Crippen LogP contribution is 2.41. The summed E-state index contributed by atoms with van der Waals surface area (Å²) in [5.41, 5.74) is 2.79. The molecule has 24 heavy (non-hydrogen) atoms. The van der Waals surface area contributed by atoms with Gasteiger partial charge < -0.3 is 0 Å². The summed E-state index contributed by atoms with van der Waals surface area (Å²) in [5.74, 6) is 0. The summed E-state index contributed by atoms with van der Waals surface area (Å²) in [6, 6.07) is 19.6. The van der Waals surface area contributed by atoms with Gasteiger partial charge in [0.05, 0.1) is 5.25 Å². The fraction of sp³-hybridized carbons (Fsp3) is 0.273. The van der Waals surface area contributed by atoms with E-state index in [4.69, 9.17) is 0 Å². The molecule has 0 amide bonds. The zero-order valence-corrected chi connectivity index (χ0v) is 14.4. The average Bonchev–Trinajstić information content (AvgIpc) is 2.59. The van der Waals surface area contributed by atoms with Crippen LogP contribution in [-0.2, 0) is 10.8 Å². The SMILES string of the molecule is O=S1C2C=C(c3c4ccccc4cc4ccccc34)CC1CCC2. The van der Waals surface area contributed by atoms with Gasteiger partial charge in [0, 0.05) is 16.0 Å². The third-order valence-corrected chi connectivity index (χ3v) is 7.60. The van der Waals surface area contributed by atoms with Gasteiger partial charge in [0.15, 0.2) is 0 Å². The Morgan fingerprint density at radius 3 is 2.21 bits per heavy atom. The first-order valence-corrected chi connectivity index (χ1v) is 10.1. The van der Waals surface area contributed by atoms with Crippen LogP contribution in [0.5, 0.6) is 0 Å². The highest BCUT2D eigenvalue weighted by molar-refractivity contribution is 7.86. The molecule has 0 saturated carbocycles. The predicted molar refractivity (Wildman–Crippen MR) is 104 cm³/mol. The molecule has 120 valence electrons. The Morgan fingerprint density at radius 2 is 1.54 bits per heavy atom. The first kappa shape index (κ1) is 14.4. The van der Waals surface area contributed by atoms with Crippen molar-refractivity contribution in [1.82, 2.24) is 0 Å². The van der Waals surface area contributed by atoms with E-state index in [0.717, 1.165) is 19.3 Å². The van der Waals surface area contributed by atoms with Crippen LogP contribution >= 0.6 is 0 Å². The molecule has 1 nitrogen and oxygen atoms in total. The van der Waals surface area contributed by atoms with Crippen molar-refractivity contribution in [2.75, 3.05) is 0 Å². The van der Waals surface area contributed by atoms with Gasteiger partial charge in [-0.05, 0) is 58.0 Å². The van der Waals surface area contributed by atoms with E-state index in [9.17, 15) is 4.21 Å². The molecular formula is C22H20OS. The lowest BCUT2D eigenvalue weighted by Gasteiger charge is -2.33. The van der Waals surface area contributed by atoms with Gasteiger partial charge in [-0.15, -0.1) is 0 Å². The molecule has 0 aromatic heterocycles. The number of hydrogen-bond acceptors (Lipinski definition) is 1. The van der Waals surface area contributed by atoms with Crippen LogP contribution in [0, 0.1) is 0 Å². The number of benzene rings is 3. The van der Waals surface area contributed by atoms with Gasteiger partial charge in [0.25, 0.3) is 0 Å². The van der Waals surface area contributed by atoms with Crippen LogP contribution < -0.4 is 0 Å². The molecule has 0 spiro atoms. The van der Waals surface area contributed by atoms with Crippen molar-refractivity contribution >= 4 is 37.9 Å². The van der Waals surface area contributed by atoms with Crippen molar-refractivity contribution in [2.45, 2.75) is 36.2 Å². The summed E-state index contributed by atoms with van der Waals surface area (Å²) in [6.07, 6.45) is 6.71. The molecule has 2 heterocycles. The summed E-state index contributed by atoms with van der Waals surface area (Å²) in [6.45, 7) is 0. The van der Waals surface area contributed by atoms with Gasteiger partial charge >= 0.3 is 0 Å². The molecule has 2 heteroatoms. The van der Waals surface area contributed by atoms with Crippen LogP contribution in [0.15, 0.2) is 60.7 Å². The topological polar surface area (TPSA) is 17.1 Å². The molecule has 2 aliphatic rings. The van der Waals surface area contributed by atoms with E-state index in [1.165, 1.54) is 39.1 Å². The molecule has 3 aromatic rings. The van der Waals surface area contributed by atoms with E-state index in [0.29, 0.717) is 5.25 Å². The summed E-state index contributed by atoms with van der Waals surface area (Å²) >= 11 is 0. The first-order chi connectivity index (χ1) is 11.8. The Hall–Kier alpha value is -1.93. The maximum Gasteiger partial charge on any atom is 0.0536 e. The summed E-state index contributed by atoms with van der Waals surface area (Å²) in [7, 11) is -0.674. The molecule has 5 rings (SSSR count). The first-order valence-electron chi connectivity index (χ1n) is 8.82. The molecular weight excluding hydrogens is 312 g/mol. The highest BCUT2D eigenvalue weighted by atomic mass is 32.2. The standard InChI is InChI=1S/C22H20OS/c23-24-18-8-5-9-19(24)14-17(13-18)22-20-10-3-1-6-15(20)12-16-7-2-4-11-21(16)22/h1-4,6-7,10-13,18-19H,5,8-9,14H2. The van der Waals surface area contributed by atoms with Gasteiger partial charge in [-0.1, -0.05) is 61.0 Å². The Kier molecular flexibility index (Phi) is 3.34. The molecule has 1 saturated heterocycles. The molecule has 2 aliphatic heterocycles. The second-order valence-electron chi connectivity index (χ2n) is 7.01. The van der Waals surface area contributed by atoms with Gasteiger partial charge in [0.1, 0.15) is 0 Å². The quantitative estimate of drug-likeness (QED) is 0.542. The van der Waals surface area contributed by atoms with Crippen molar-refractivity contribution in [3.05, 3.63) is 66.2 Å². The number of allylic oxidation sites excluding steroid dienone is 1. The van der Waals surface area contributed by atoms with E-state index in [2.05, 4.69) is 60.7 Å². The Labute approximate surface area is 144 Å². The van der Waals surface area contributed by atoms with Gasteiger partial charge in [-0.2, -0.15) is 0 Å². The summed E-state index contributed by atoms with van der Waals surface area (Å²) < 4.78 is 12.6. The average molecular weight is 332 g/mol. The van der Waals surface area contributed by atoms with Crippen molar-refractivity contribution in [3.8, 4) is 0 Å². The Balaban J connectivity index is 1.83. The van der Waals surface area contributed by atoms with E-state index >= 15 is 0 Å². The number of hydrogen-bond donors (Lipinski definition) is 0. The highest BCUT2D eigenvalue weighted by Gasteiger charge is 2.34. The predicted octanol–water partition coefficient (Wildman–Crippen LogP) is 5.45. The second kappa shape index (κ2) is 5.56. The normalized spacial score (nSPS) is 26.5. The van der Waals surface area contributed by atoms with E-state index < -0.39 is 10.8 Å². The minimum absolute atomic E-state index is 0.255. The zero-order chi connectivity index (χ0) is 16.1. The van der Waals surface area contributed by atoms with Crippen molar-refractivity contribution in [2.24, 2.45) is 0 Å². The van der Waals surface area contributed by atoms with Crippen LogP contribution in [0.25, 0.3) is 27.1 Å². The lowest BCUT2D eigenvalue weighted by molar-refractivity contribution is 0.580. The Bertz CT molecular complexity index is 947. The third kappa shape index (κ3) is 2.16. The molecule has 3 unspecified atom stereocenters. The monoisotopic (exact) mass is 332 g/mol. The Morgan fingerprint density at radius 1 is 0.875 bits per heavy atom. The molecule has 3 atom stereocenters. The zero-order valence-electron chi connectivity index (χ0n) is 13.6. The maximum absolute atomic E-state index is 12.6. The minimum Gasteiger partial charge on any atom is -0.259 e. The molecule has 3 aromatic carbocycles. The van der Waals surface area contributed by atoms with Crippen molar-refractivity contribution in [3.63, 3.8) is 0 Å².